The summed E-state index contributed by atoms with van der Waals surface area (Å²) >= 11 is 0. The summed E-state index contributed by atoms with van der Waals surface area (Å²) in [5.74, 6) is 1.36. The van der Waals surface area contributed by atoms with Crippen LogP contribution in [0.3, 0.4) is 0 Å². The van der Waals surface area contributed by atoms with E-state index in [-0.39, 0.29) is 43.6 Å². The van der Waals surface area contributed by atoms with Gasteiger partial charge in [-0.25, -0.2) is 0 Å². The van der Waals surface area contributed by atoms with Gasteiger partial charge in [0, 0.05) is 37.7 Å². The third kappa shape index (κ3) is 5.11. The molecule has 2 aromatic rings. The van der Waals surface area contributed by atoms with Crippen molar-refractivity contribution in [3.8, 4) is 11.5 Å². The molecule has 4 rings (SSSR count). The lowest BCUT2D eigenvalue weighted by atomic mass is 10.1. The number of hydrogen-bond acceptors (Lipinski definition) is 8. The van der Waals surface area contributed by atoms with E-state index < -0.39 is 12.2 Å². The van der Waals surface area contributed by atoms with Gasteiger partial charge in [0.1, 0.15) is 5.69 Å². The van der Waals surface area contributed by atoms with Crippen LogP contribution in [0.2, 0.25) is 0 Å². The lowest BCUT2D eigenvalue weighted by Gasteiger charge is -2.18. The molecule has 0 saturated heterocycles. The second-order valence-corrected chi connectivity index (χ2v) is 6.98. The summed E-state index contributed by atoms with van der Waals surface area (Å²) in [4.78, 5) is 0. The second-order valence-electron chi connectivity index (χ2n) is 6.98. The molecule has 1 fully saturated rings. The van der Waals surface area contributed by atoms with Crippen LogP contribution in [0.5, 0.6) is 11.5 Å². The molecule has 2 aliphatic rings. The summed E-state index contributed by atoms with van der Waals surface area (Å²) in [7, 11) is 1.60. The normalized spacial score (nSPS) is 24.8. The lowest BCUT2D eigenvalue weighted by molar-refractivity contribution is 0.00720. The molecule has 29 heavy (non-hydrogen) atoms. The van der Waals surface area contributed by atoms with Crippen molar-refractivity contribution >= 4 is 24.8 Å². The smallest absolute Gasteiger partial charge is 0.231 e. The van der Waals surface area contributed by atoms with Gasteiger partial charge in [-0.15, -0.1) is 29.9 Å². The Hall–Kier alpha value is -1.62. The van der Waals surface area contributed by atoms with Gasteiger partial charge in [0.15, 0.2) is 11.5 Å². The van der Waals surface area contributed by atoms with Crippen LogP contribution in [0.15, 0.2) is 24.4 Å². The van der Waals surface area contributed by atoms with Crippen molar-refractivity contribution in [3.05, 3.63) is 35.7 Å². The van der Waals surface area contributed by atoms with Crippen molar-refractivity contribution in [1.82, 2.24) is 20.3 Å². The van der Waals surface area contributed by atoms with Crippen molar-refractivity contribution < 1.29 is 24.4 Å². The van der Waals surface area contributed by atoms with Crippen molar-refractivity contribution in [2.24, 2.45) is 5.92 Å². The number of nitrogens with one attached hydrogen (secondary N) is 1. The third-order valence-electron chi connectivity index (χ3n) is 5.13. The van der Waals surface area contributed by atoms with E-state index in [0.29, 0.717) is 26.1 Å². The summed E-state index contributed by atoms with van der Waals surface area (Å²) in [6.45, 7) is 1.63. The van der Waals surface area contributed by atoms with E-state index >= 15 is 0 Å². The van der Waals surface area contributed by atoms with Gasteiger partial charge in [-0.3, -0.25) is 4.68 Å². The van der Waals surface area contributed by atoms with Gasteiger partial charge in [0.05, 0.1) is 25.0 Å². The fourth-order valence-electron chi connectivity index (χ4n) is 3.76. The Bertz CT molecular complexity index is 793. The molecule has 1 aromatic heterocycles. The fourth-order valence-corrected chi connectivity index (χ4v) is 3.76. The van der Waals surface area contributed by atoms with Crippen LogP contribution in [-0.4, -0.2) is 57.4 Å². The fraction of sp³-hybridized carbons (Fsp3) is 0.556. The molecule has 3 N–H and O–H groups in total. The molecule has 162 valence electrons. The minimum atomic E-state index is -0.842. The first-order valence-corrected chi connectivity index (χ1v) is 9.00. The van der Waals surface area contributed by atoms with Gasteiger partial charge >= 0.3 is 0 Å². The SMILES string of the molecule is COCc1cn(C[C@H]2C[C@@H](NCc3cccc4c3OCO4)[C@H](O)[C@@H]2O)nn1.Cl.Cl. The Morgan fingerprint density at radius 2 is 2.07 bits per heavy atom. The summed E-state index contributed by atoms with van der Waals surface area (Å²) in [6.07, 6.45) is 0.770. The second kappa shape index (κ2) is 10.4. The third-order valence-corrected chi connectivity index (χ3v) is 5.13. The molecule has 0 amide bonds. The number of ether oxygens (including phenoxy) is 3. The number of hydrogen-bond donors (Lipinski definition) is 3. The molecule has 0 radical (unpaired) electrons. The quantitative estimate of drug-likeness (QED) is 0.572. The predicted molar refractivity (Wildman–Crippen MR) is 109 cm³/mol. The molecule has 4 atom stereocenters. The van der Waals surface area contributed by atoms with Crippen molar-refractivity contribution in [1.29, 1.82) is 0 Å². The minimum Gasteiger partial charge on any atom is -0.454 e. The highest BCUT2D eigenvalue weighted by atomic mass is 35.5. The maximum atomic E-state index is 10.4. The average Bonchev–Trinajstić information content (AvgIpc) is 3.37. The van der Waals surface area contributed by atoms with E-state index in [4.69, 9.17) is 14.2 Å². The molecule has 1 saturated carbocycles. The highest BCUT2D eigenvalue weighted by Crippen LogP contribution is 2.36. The molecule has 0 bridgehead atoms. The van der Waals surface area contributed by atoms with E-state index in [1.54, 1.807) is 18.0 Å². The number of aliphatic hydroxyl groups excluding tert-OH is 2. The van der Waals surface area contributed by atoms with E-state index in [2.05, 4.69) is 15.6 Å². The number of benzene rings is 1. The zero-order valence-electron chi connectivity index (χ0n) is 15.9. The van der Waals surface area contributed by atoms with Gasteiger partial charge in [-0.05, 0) is 12.5 Å². The first-order valence-electron chi connectivity index (χ1n) is 9.00. The van der Waals surface area contributed by atoms with E-state index in [0.717, 1.165) is 22.8 Å². The van der Waals surface area contributed by atoms with Gasteiger partial charge in [-0.1, -0.05) is 17.3 Å². The van der Waals surface area contributed by atoms with Crippen LogP contribution < -0.4 is 14.8 Å². The monoisotopic (exact) mass is 448 g/mol. The van der Waals surface area contributed by atoms with E-state index in [1.807, 2.05) is 18.2 Å². The maximum absolute atomic E-state index is 10.4. The minimum absolute atomic E-state index is 0. The lowest BCUT2D eigenvalue weighted by Crippen LogP contribution is -2.39. The molecule has 2 heterocycles. The van der Waals surface area contributed by atoms with Crippen LogP contribution in [0, 0.1) is 5.92 Å². The number of halogens is 2. The Labute approximate surface area is 181 Å². The van der Waals surface area contributed by atoms with Crippen LogP contribution >= 0.6 is 24.8 Å². The number of para-hydroxylation sites is 1. The van der Waals surface area contributed by atoms with Crippen LogP contribution in [-0.2, 0) is 24.4 Å². The first-order chi connectivity index (χ1) is 13.2. The molecule has 0 unspecified atom stereocenters. The van der Waals surface area contributed by atoms with Gasteiger partial charge in [-0.2, -0.15) is 0 Å². The molecule has 9 nitrogen and oxygen atoms in total. The molecular formula is C18H26Cl2N4O5. The Morgan fingerprint density at radius 1 is 1.24 bits per heavy atom. The maximum Gasteiger partial charge on any atom is 0.231 e. The first kappa shape index (κ1) is 23.7. The number of aliphatic hydroxyl groups is 2. The number of fused-ring (bicyclic) bond motifs is 1. The Balaban J connectivity index is 0.00000150. The highest BCUT2D eigenvalue weighted by molar-refractivity contribution is 5.85. The van der Waals surface area contributed by atoms with E-state index in [9.17, 15) is 10.2 Å². The molecular weight excluding hydrogens is 423 g/mol. The standard InChI is InChI=1S/C18H24N4O5.2ClH/c1-25-9-13-8-22(21-20-13)7-12-5-14(17(24)16(12)23)19-6-11-3-2-4-15-18(11)27-10-26-15;;/h2-4,8,12,14,16-17,19,23-24H,5-7,9-10H2,1H3;2*1H/t12-,14-,16-,17+;;/m1../s1. The predicted octanol–water partition coefficient (Wildman–Crippen LogP) is 0.897. The molecule has 1 aromatic carbocycles. The van der Waals surface area contributed by atoms with Crippen molar-refractivity contribution in [2.45, 2.75) is 44.4 Å². The van der Waals surface area contributed by atoms with Crippen LogP contribution in [0.4, 0.5) is 0 Å². The van der Waals surface area contributed by atoms with Gasteiger partial charge in [0.25, 0.3) is 0 Å². The zero-order valence-corrected chi connectivity index (χ0v) is 17.6. The number of rotatable bonds is 7. The number of aromatic nitrogens is 3. The van der Waals surface area contributed by atoms with Crippen molar-refractivity contribution in [3.63, 3.8) is 0 Å². The van der Waals surface area contributed by atoms with E-state index in [1.165, 1.54) is 0 Å². The summed E-state index contributed by atoms with van der Waals surface area (Å²) < 4.78 is 17.6. The highest BCUT2D eigenvalue weighted by Gasteiger charge is 2.41. The summed E-state index contributed by atoms with van der Waals surface area (Å²) in [6, 6.07) is 5.52. The molecule has 11 heteroatoms. The number of nitrogens with zero attached hydrogens (tertiary/aromatic N) is 3. The zero-order chi connectivity index (χ0) is 18.8. The Kier molecular flexibility index (Phi) is 8.50. The van der Waals surface area contributed by atoms with Gasteiger partial charge < -0.3 is 29.7 Å². The number of methoxy groups -OCH3 is 1. The van der Waals surface area contributed by atoms with Crippen molar-refractivity contribution in [2.75, 3.05) is 13.9 Å². The molecule has 0 spiro atoms. The molecule has 1 aliphatic heterocycles. The molecule has 1 aliphatic carbocycles. The van der Waals surface area contributed by atoms with Crippen LogP contribution in [0.1, 0.15) is 17.7 Å². The van der Waals surface area contributed by atoms with Gasteiger partial charge in [0.2, 0.25) is 6.79 Å². The summed E-state index contributed by atoms with van der Waals surface area (Å²) in [5, 5.41) is 32.3. The largest absolute Gasteiger partial charge is 0.454 e. The summed E-state index contributed by atoms with van der Waals surface area (Å²) in [5.41, 5.74) is 1.70. The average molecular weight is 449 g/mol. The topological polar surface area (TPSA) is 111 Å². The Morgan fingerprint density at radius 3 is 2.86 bits per heavy atom. The van der Waals surface area contributed by atoms with Crippen LogP contribution in [0.25, 0.3) is 0 Å².